The van der Waals surface area contributed by atoms with Gasteiger partial charge in [0.25, 0.3) is 0 Å². The number of thioether (sulfide) groups is 1. The fraction of sp³-hybridized carbons (Fsp3) is 0.600. The second-order valence-corrected chi connectivity index (χ2v) is 7.27. The predicted octanol–water partition coefficient (Wildman–Crippen LogP) is 2.05. The van der Waals surface area contributed by atoms with Crippen LogP contribution < -0.4 is 0 Å². The quantitative estimate of drug-likeness (QED) is 0.778. The third-order valence-electron chi connectivity index (χ3n) is 4.11. The smallest absolute Gasteiger partial charge is 0.235 e. The number of furan rings is 1. The van der Waals surface area contributed by atoms with E-state index in [1.54, 1.807) is 10.9 Å². The molecule has 1 aliphatic heterocycles. The fourth-order valence-electron chi connectivity index (χ4n) is 2.62. The van der Waals surface area contributed by atoms with Crippen LogP contribution in [-0.2, 0) is 11.3 Å². The van der Waals surface area contributed by atoms with E-state index < -0.39 is 0 Å². The third kappa shape index (κ3) is 3.93. The molecule has 7 nitrogen and oxygen atoms in total. The highest BCUT2D eigenvalue weighted by molar-refractivity contribution is 8.00. The van der Waals surface area contributed by atoms with Crippen LogP contribution in [0, 0.1) is 5.92 Å². The van der Waals surface area contributed by atoms with Crippen molar-refractivity contribution in [1.29, 1.82) is 0 Å². The molecule has 0 radical (unpaired) electrons. The Hall–Kier alpha value is -1.83. The van der Waals surface area contributed by atoms with Crippen molar-refractivity contribution in [2.24, 2.45) is 5.92 Å². The Morgan fingerprint density at radius 1 is 1.48 bits per heavy atom. The average molecular weight is 335 g/mol. The number of carbonyl (C=O) groups is 1. The number of hydrogen-bond acceptors (Lipinski definition) is 6. The van der Waals surface area contributed by atoms with Gasteiger partial charge in [-0.25, -0.2) is 4.68 Å². The molecule has 1 saturated heterocycles. The highest BCUT2D eigenvalue weighted by Gasteiger charge is 2.26. The second kappa shape index (κ2) is 7.16. The molecule has 0 spiro atoms. The maximum atomic E-state index is 12.6. The zero-order valence-corrected chi connectivity index (χ0v) is 14.2. The molecule has 1 amide bonds. The second-order valence-electron chi connectivity index (χ2n) is 5.97. The first-order chi connectivity index (χ1) is 11.1. The van der Waals surface area contributed by atoms with Gasteiger partial charge in [-0.2, -0.15) is 0 Å². The minimum Gasteiger partial charge on any atom is -0.467 e. The molecular weight excluding hydrogens is 314 g/mol. The summed E-state index contributed by atoms with van der Waals surface area (Å²) in [6, 6.07) is 3.70. The van der Waals surface area contributed by atoms with Gasteiger partial charge in [0.1, 0.15) is 12.3 Å². The first kappa shape index (κ1) is 16.0. The Labute approximate surface area is 139 Å². The van der Waals surface area contributed by atoms with E-state index >= 15 is 0 Å². The lowest BCUT2D eigenvalue weighted by atomic mass is 9.99. The summed E-state index contributed by atoms with van der Waals surface area (Å²) in [7, 11) is 0. The Kier molecular flexibility index (Phi) is 5.00. The van der Waals surface area contributed by atoms with Crippen molar-refractivity contribution in [3.8, 4) is 0 Å². The predicted molar refractivity (Wildman–Crippen MR) is 85.9 cm³/mol. The molecule has 1 atom stereocenters. The average Bonchev–Trinajstić information content (AvgIpc) is 3.20. The molecule has 3 heterocycles. The van der Waals surface area contributed by atoms with E-state index in [0.29, 0.717) is 17.6 Å². The molecule has 0 saturated carbocycles. The van der Waals surface area contributed by atoms with Gasteiger partial charge < -0.3 is 9.32 Å². The van der Waals surface area contributed by atoms with E-state index in [0.717, 1.165) is 31.7 Å². The van der Waals surface area contributed by atoms with Gasteiger partial charge in [0.15, 0.2) is 0 Å². The molecule has 8 heteroatoms. The number of likely N-dealkylation sites (tertiary alicyclic amines) is 1. The van der Waals surface area contributed by atoms with Crippen molar-refractivity contribution in [2.45, 2.75) is 43.6 Å². The molecule has 0 aromatic carbocycles. The zero-order chi connectivity index (χ0) is 16.2. The standard InChI is InChI=1S/C15H21N5O2S/c1-11-5-7-19(8-6-11)14(21)12(2)23-15-16-17-18-20(15)10-13-4-3-9-22-13/h3-4,9,11-12H,5-8,10H2,1-2H3. The minimum atomic E-state index is -0.204. The lowest BCUT2D eigenvalue weighted by molar-refractivity contribution is -0.131. The van der Waals surface area contributed by atoms with Crippen LogP contribution in [0.25, 0.3) is 0 Å². The van der Waals surface area contributed by atoms with Gasteiger partial charge in [-0.3, -0.25) is 4.79 Å². The number of nitrogens with zero attached hydrogens (tertiary/aromatic N) is 5. The maximum Gasteiger partial charge on any atom is 0.235 e. The summed E-state index contributed by atoms with van der Waals surface area (Å²) in [5, 5.41) is 12.1. The largest absolute Gasteiger partial charge is 0.467 e. The third-order valence-corrected chi connectivity index (χ3v) is 5.17. The molecule has 0 aliphatic carbocycles. The Morgan fingerprint density at radius 3 is 2.96 bits per heavy atom. The van der Waals surface area contributed by atoms with Gasteiger partial charge in [0, 0.05) is 13.1 Å². The van der Waals surface area contributed by atoms with E-state index in [1.165, 1.54) is 11.8 Å². The van der Waals surface area contributed by atoms with Crippen molar-refractivity contribution in [1.82, 2.24) is 25.1 Å². The van der Waals surface area contributed by atoms with Crippen molar-refractivity contribution in [3.63, 3.8) is 0 Å². The fourth-order valence-corrected chi connectivity index (χ4v) is 3.50. The lowest BCUT2D eigenvalue weighted by Gasteiger charge is -2.31. The normalized spacial score (nSPS) is 17.4. The van der Waals surface area contributed by atoms with Crippen LogP contribution in [0.15, 0.2) is 28.0 Å². The first-order valence-electron chi connectivity index (χ1n) is 7.87. The number of tetrazole rings is 1. The highest BCUT2D eigenvalue weighted by Crippen LogP contribution is 2.24. The summed E-state index contributed by atoms with van der Waals surface area (Å²) in [5.74, 6) is 1.65. The lowest BCUT2D eigenvalue weighted by Crippen LogP contribution is -2.41. The molecule has 0 N–H and O–H groups in total. The summed E-state index contributed by atoms with van der Waals surface area (Å²) in [6.45, 7) is 6.31. The molecule has 1 fully saturated rings. The van der Waals surface area contributed by atoms with Crippen LogP contribution in [-0.4, -0.2) is 49.4 Å². The van der Waals surface area contributed by atoms with Crippen molar-refractivity contribution in [2.75, 3.05) is 13.1 Å². The molecule has 0 bridgehead atoms. The number of amides is 1. The number of hydrogen-bond donors (Lipinski definition) is 0. The molecular formula is C15H21N5O2S. The van der Waals surface area contributed by atoms with E-state index in [4.69, 9.17) is 4.42 Å². The van der Waals surface area contributed by atoms with Gasteiger partial charge >= 0.3 is 0 Å². The zero-order valence-electron chi connectivity index (χ0n) is 13.4. The monoisotopic (exact) mass is 335 g/mol. The van der Waals surface area contributed by atoms with Gasteiger partial charge in [0.05, 0.1) is 11.5 Å². The highest BCUT2D eigenvalue weighted by atomic mass is 32.2. The number of rotatable bonds is 5. The summed E-state index contributed by atoms with van der Waals surface area (Å²) >= 11 is 1.40. The van der Waals surface area contributed by atoms with E-state index in [1.807, 2.05) is 24.0 Å². The Bertz CT molecular complexity index is 634. The van der Waals surface area contributed by atoms with Crippen LogP contribution in [0.4, 0.5) is 0 Å². The van der Waals surface area contributed by atoms with Crippen molar-refractivity contribution >= 4 is 17.7 Å². The summed E-state index contributed by atoms with van der Waals surface area (Å²) in [4.78, 5) is 14.5. The molecule has 2 aromatic rings. The number of aromatic nitrogens is 4. The number of piperidine rings is 1. The Morgan fingerprint density at radius 2 is 2.26 bits per heavy atom. The van der Waals surface area contributed by atoms with Crippen molar-refractivity contribution in [3.05, 3.63) is 24.2 Å². The van der Waals surface area contributed by atoms with E-state index in [-0.39, 0.29) is 11.2 Å². The maximum absolute atomic E-state index is 12.6. The minimum absolute atomic E-state index is 0.162. The van der Waals surface area contributed by atoms with Gasteiger partial charge in [-0.15, -0.1) is 5.10 Å². The summed E-state index contributed by atoms with van der Waals surface area (Å²) in [6.07, 6.45) is 3.79. The Balaban J connectivity index is 1.60. The van der Waals surface area contributed by atoms with Crippen LogP contribution in [0.1, 0.15) is 32.4 Å². The van der Waals surface area contributed by atoms with Crippen LogP contribution in [0.2, 0.25) is 0 Å². The van der Waals surface area contributed by atoms with Gasteiger partial charge in [-0.05, 0) is 48.2 Å². The molecule has 1 unspecified atom stereocenters. The molecule has 3 rings (SSSR count). The molecule has 23 heavy (non-hydrogen) atoms. The summed E-state index contributed by atoms with van der Waals surface area (Å²) < 4.78 is 6.98. The topological polar surface area (TPSA) is 77.1 Å². The van der Waals surface area contributed by atoms with Crippen LogP contribution in [0.5, 0.6) is 0 Å². The van der Waals surface area contributed by atoms with E-state index in [2.05, 4.69) is 22.4 Å². The number of carbonyl (C=O) groups excluding carboxylic acids is 1. The van der Waals surface area contributed by atoms with Crippen LogP contribution >= 0.6 is 11.8 Å². The summed E-state index contributed by atoms with van der Waals surface area (Å²) in [5.41, 5.74) is 0. The SMILES string of the molecule is CC1CCN(C(=O)C(C)Sc2nnnn2Cc2ccco2)CC1. The van der Waals surface area contributed by atoms with Crippen LogP contribution in [0.3, 0.4) is 0 Å². The first-order valence-corrected chi connectivity index (χ1v) is 8.75. The van der Waals surface area contributed by atoms with E-state index in [9.17, 15) is 4.79 Å². The van der Waals surface area contributed by atoms with Crippen molar-refractivity contribution < 1.29 is 9.21 Å². The molecule has 1 aliphatic rings. The molecule has 2 aromatic heterocycles. The van der Waals surface area contributed by atoms with Gasteiger partial charge in [-0.1, -0.05) is 18.7 Å². The molecule has 124 valence electrons. The van der Waals surface area contributed by atoms with Gasteiger partial charge in [0.2, 0.25) is 11.1 Å².